The van der Waals surface area contributed by atoms with E-state index in [9.17, 15) is 9.18 Å². The Morgan fingerprint density at radius 1 is 1.05 bits per heavy atom. The Balaban J connectivity index is 1.70. The Hall–Kier alpha value is -1.18. The molecule has 0 amide bonds. The standard InChI is InChI=1S/C17H19FO/c18-15-3-1-2-14(7-15)16(19)17-8-11-4-12(9-17)6-13(5-11)10-17/h1-3,7,11-13H,4-6,8-10H2. The van der Waals surface area contributed by atoms with Gasteiger partial charge in [0.1, 0.15) is 5.82 Å². The maximum absolute atomic E-state index is 13.3. The van der Waals surface area contributed by atoms with Crippen molar-refractivity contribution in [3.63, 3.8) is 0 Å². The highest BCUT2D eigenvalue weighted by molar-refractivity contribution is 6.00. The van der Waals surface area contributed by atoms with Crippen molar-refractivity contribution in [1.29, 1.82) is 0 Å². The largest absolute Gasteiger partial charge is 0.294 e. The normalized spacial score (nSPS) is 39.5. The molecule has 0 radical (unpaired) electrons. The summed E-state index contributed by atoms with van der Waals surface area (Å²) in [6.07, 6.45) is 7.14. The van der Waals surface area contributed by atoms with E-state index in [-0.39, 0.29) is 17.0 Å². The second-order valence-electron chi connectivity index (χ2n) is 7.04. The fraction of sp³-hybridized carbons (Fsp3) is 0.588. The van der Waals surface area contributed by atoms with Gasteiger partial charge in [-0.15, -0.1) is 0 Å². The molecule has 2 heteroatoms. The summed E-state index contributed by atoms with van der Waals surface area (Å²) in [5.41, 5.74) is 0.435. The van der Waals surface area contributed by atoms with Crippen LogP contribution in [0.15, 0.2) is 24.3 Å². The van der Waals surface area contributed by atoms with Crippen LogP contribution < -0.4 is 0 Å². The Kier molecular flexibility index (Phi) is 2.39. The van der Waals surface area contributed by atoms with Crippen molar-refractivity contribution in [1.82, 2.24) is 0 Å². The molecule has 4 aliphatic carbocycles. The molecule has 0 atom stereocenters. The van der Waals surface area contributed by atoms with Crippen LogP contribution in [0.1, 0.15) is 48.9 Å². The lowest BCUT2D eigenvalue weighted by atomic mass is 9.48. The first-order valence-electron chi connectivity index (χ1n) is 7.45. The molecule has 1 aromatic rings. The third kappa shape index (κ3) is 1.76. The van der Waals surface area contributed by atoms with E-state index in [1.165, 1.54) is 31.4 Å². The number of hydrogen-bond donors (Lipinski definition) is 0. The third-order valence-electron chi connectivity index (χ3n) is 5.61. The SMILES string of the molecule is O=C(c1cccc(F)c1)C12CC3CC(CC(C3)C1)C2. The van der Waals surface area contributed by atoms with Crippen molar-refractivity contribution in [3.05, 3.63) is 35.6 Å². The second kappa shape index (κ2) is 3.91. The second-order valence-corrected chi connectivity index (χ2v) is 7.04. The molecule has 0 aromatic heterocycles. The highest BCUT2D eigenvalue weighted by atomic mass is 19.1. The van der Waals surface area contributed by atoms with Gasteiger partial charge in [0, 0.05) is 11.0 Å². The van der Waals surface area contributed by atoms with Gasteiger partial charge in [-0.05, 0) is 68.4 Å². The minimum absolute atomic E-state index is 0.150. The average molecular weight is 258 g/mol. The Labute approximate surface area is 113 Å². The first-order valence-corrected chi connectivity index (χ1v) is 7.45. The molecule has 0 saturated heterocycles. The number of rotatable bonds is 2. The van der Waals surface area contributed by atoms with Gasteiger partial charge in [0.2, 0.25) is 0 Å². The summed E-state index contributed by atoms with van der Waals surface area (Å²) in [4.78, 5) is 12.9. The van der Waals surface area contributed by atoms with E-state index in [1.54, 1.807) is 12.1 Å². The van der Waals surface area contributed by atoms with Gasteiger partial charge >= 0.3 is 0 Å². The monoisotopic (exact) mass is 258 g/mol. The van der Waals surface area contributed by atoms with Gasteiger partial charge < -0.3 is 0 Å². The fourth-order valence-corrected chi connectivity index (χ4v) is 5.32. The zero-order valence-corrected chi connectivity index (χ0v) is 11.1. The molecule has 19 heavy (non-hydrogen) atoms. The van der Waals surface area contributed by atoms with Gasteiger partial charge in [-0.3, -0.25) is 4.79 Å². The lowest BCUT2D eigenvalue weighted by Crippen LogP contribution is -2.50. The van der Waals surface area contributed by atoms with Gasteiger partial charge in [-0.2, -0.15) is 0 Å². The van der Waals surface area contributed by atoms with Crippen LogP contribution in [0, 0.1) is 29.0 Å². The van der Waals surface area contributed by atoms with E-state index in [0.29, 0.717) is 5.56 Å². The molecule has 5 rings (SSSR count). The van der Waals surface area contributed by atoms with Crippen LogP contribution in [0.5, 0.6) is 0 Å². The van der Waals surface area contributed by atoms with E-state index in [0.717, 1.165) is 37.0 Å². The molecule has 0 heterocycles. The number of halogens is 1. The molecule has 4 saturated carbocycles. The Morgan fingerprint density at radius 2 is 1.63 bits per heavy atom. The van der Waals surface area contributed by atoms with Gasteiger partial charge in [0.05, 0.1) is 0 Å². The molecule has 0 spiro atoms. The van der Waals surface area contributed by atoms with E-state index in [4.69, 9.17) is 0 Å². The number of hydrogen-bond acceptors (Lipinski definition) is 1. The number of benzene rings is 1. The molecule has 0 aliphatic heterocycles. The number of ketones is 1. The van der Waals surface area contributed by atoms with E-state index in [2.05, 4.69) is 0 Å². The van der Waals surface area contributed by atoms with Gasteiger partial charge in [-0.25, -0.2) is 4.39 Å². The maximum Gasteiger partial charge on any atom is 0.169 e. The first-order chi connectivity index (χ1) is 9.14. The smallest absolute Gasteiger partial charge is 0.169 e. The molecule has 4 bridgehead atoms. The van der Waals surface area contributed by atoms with Gasteiger partial charge in [-0.1, -0.05) is 12.1 Å². The van der Waals surface area contributed by atoms with Crippen LogP contribution in [0.25, 0.3) is 0 Å². The van der Waals surface area contributed by atoms with Crippen molar-refractivity contribution in [2.24, 2.45) is 23.2 Å². The minimum atomic E-state index is -0.296. The van der Waals surface area contributed by atoms with Gasteiger partial charge in [0.25, 0.3) is 0 Å². The van der Waals surface area contributed by atoms with Crippen LogP contribution >= 0.6 is 0 Å². The molecule has 0 unspecified atom stereocenters. The van der Waals surface area contributed by atoms with Crippen molar-refractivity contribution in [2.45, 2.75) is 38.5 Å². The van der Waals surface area contributed by atoms with Crippen LogP contribution in [-0.4, -0.2) is 5.78 Å². The minimum Gasteiger partial charge on any atom is -0.294 e. The van der Waals surface area contributed by atoms with E-state index < -0.39 is 0 Å². The number of carbonyl (C=O) groups is 1. The number of carbonyl (C=O) groups excluding carboxylic acids is 1. The fourth-order valence-electron chi connectivity index (χ4n) is 5.32. The van der Waals surface area contributed by atoms with Crippen LogP contribution in [-0.2, 0) is 0 Å². The Morgan fingerprint density at radius 3 is 2.16 bits per heavy atom. The van der Waals surface area contributed by atoms with Crippen LogP contribution in [0.3, 0.4) is 0 Å². The third-order valence-corrected chi connectivity index (χ3v) is 5.61. The van der Waals surface area contributed by atoms with Crippen molar-refractivity contribution in [3.8, 4) is 0 Å². The summed E-state index contributed by atoms with van der Waals surface area (Å²) in [6, 6.07) is 6.27. The predicted octanol–water partition coefficient (Wildman–Crippen LogP) is 4.22. The zero-order chi connectivity index (χ0) is 13.0. The molecule has 4 aliphatic rings. The van der Waals surface area contributed by atoms with Crippen molar-refractivity contribution >= 4 is 5.78 Å². The topological polar surface area (TPSA) is 17.1 Å². The quantitative estimate of drug-likeness (QED) is 0.726. The summed E-state index contributed by atoms with van der Waals surface area (Å²) in [5, 5.41) is 0. The molecule has 1 nitrogen and oxygen atoms in total. The van der Waals surface area contributed by atoms with Crippen LogP contribution in [0.4, 0.5) is 4.39 Å². The summed E-state index contributed by atoms with van der Waals surface area (Å²) < 4.78 is 13.3. The first kappa shape index (κ1) is 11.6. The van der Waals surface area contributed by atoms with Crippen LogP contribution in [0.2, 0.25) is 0 Å². The number of Topliss-reactive ketones (excluding diaryl/α,β-unsaturated/α-hetero) is 1. The van der Waals surface area contributed by atoms with E-state index in [1.807, 2.05) is 0 Å². The molecule has 0 N–H and O–H groups in total. The molecular formula is C17H19FO. The highest BCUT2D eigenvalue weighted by Crippen LogP contribution is 2.60. The van der Waals surface area contributed by atoms with Crippen molar-refractivity contribution in [2.75, 3.05) is 0 Å². The average Bonchev–Trinajstić information content (AvgIpc) is 2.36. The highest BCUT2D eigenvalue weighted by Gasteiger charge is 2.54. The maximum atomic E-state index is 13.3. The lowest BCUT2D eigenvalue weighted by Gasteiger charge is -2.56. The Bertz CT molecular complexity index is 499. The molecular weight excluding hydrogens is 239 g/mol. The van der Waals surface area contributed by atoms with Crippen molar-refractivity contribution < 1.29 is 9.18 Å². The van der Waals surface area contributed by atoms with E-state index >= 15 is 0 Å². The zero-order valence-electron chi connectivity index (χ0n) is 11.1. The summed E-state index contributed by atoms with van der Waals surface area (Å²) >= 11 is 0. The summed E-state index contributed by atoms with van der Waals surface area (Å²) in [6.45, 7) is 0. The molecule has 100 valence electrons. The summed E-state index contributed by atoms with van der Waals surface area (Å²) in [5.74, 6) is 2.18. The predicted molar refractivity (Wildman–Crippen MR) is 71.3 cm³/mol. The molecule has 4 fully saturated rings. The lowest BCUT2D eigenvalue weighted by molar-refractivity contribution is -0.0353. The van der Waals surface area contributed by atoms with Gasteiger partial charge in [0.15, 0.2) is 5.78 Å². The summed E-state index contributed by atoms with van der Waals surface area (Å²) in [7, 11) is 0. The molecule has 1 aromatic carbocycles.